The second-order valence-corrected chi connectivity index (χ2v) is 5.02. The molecule has 0 saturated carbocycles. The Labute approximate surface area is 130 Å². The van der Waals surface area contributed by atoms with Crippen LogP contribution in [-0.4, -0.2) is 47.7 Å². The summed E-state index contributed by atoms with van der Waals surface area (Å²) < 4.78 is 10.8. The highest BCUT2D eigenvalue weighted by molar-refractivity contribution is 5.78. The molecule has 22 heavy (non-hydrogen) atoms. The number of carbonyl (C=O) groups is 2. The Morgan fingerprint density at radius 2 is 1.68 bits per heavy atom. The molecule has 1 N–H and O–H groups in total. The van der Waals surface area contributed by atoms with Crippen molar-refractivity contribution in [1.29, 1.82) is 0 Å². The number of hydrogen-bond acceptors (Lipinski definition) is 4. The van der Waals surface area contributed by atoms with Crippen LogP contribution < -0.4 is 9.47 Å². The van der Waals surface area contributed by atoms with E-state index in [-0.39, 0.29) is 31.5 Å². The van der Waals surface area contributed by atoms with Crippen LogP contribution in [0.4, 0.5) is 0 Å². The van der Waals surface area contributed by atoms with Crippen LogP contribution in [0.1, 0.15) is 27.2 Å². The first kappa shape index (κ1) is 17.8. The van der Waals surface area contributed by atoms with Gasteiger partial charge in [0.25, 0.3) is 5.91 Å². The van der Waals surface area contributed by atoms with E-state index in [0.29, 0.717) is 12.4 Å². The molecule has 0 saturated heterocycles. The minimum Gasteiger partial charge on any atom is -0.494 e. The molecular weight excluding hydrogens is 286 g/mol. The highest BCUT2D eigenvalue weighted by atomic mass is 16.5. The summed E-state index contributed by atoms with van der Waals surface area (Å²) in [5.74, 6) is 0.154. The van der Waals surface area contributed by atoms with Crippen molar-refractivity contribution in [2.75, 3.05) is 19.8 Å². The fourth-order valence-corrected chi connectivity index (χ4v) is 1.91. The van der Waals surface area contributed by atoms with Crippen LogP contribution in [0.2, 0.25) is 0 Å². The number of hydrogen-bond donors (Lipinski definition) is 1. The van der Waals surface area contributed by atoms with Gasteiger partial charge in [-0.1, -0.05) is 0 Å². The van der Waals surface area contributed by atoms with E-state index in [0.717, 1.165) is 5.75 Å². The molecule has 6 nitrogen and oxygen atoms in total. The molecule has 1 amide bonds. The highest BCUT2D eigenvalue weighted by Gasteiger charge is 2.18. The molecule has 0 fully saturated rings. The summed E-state index contributed by atoms with van der Waals surface area (Å²) in [4.78, 5) is 24.3. The van der Waals surface area contributed by atoms with Gasteiger partial charge in [-0.15, -0.1) is 0 Å². The van der Waals surface area contributed by atoms with Crippen LogP contribution >= 0.6 is 0 Å². The van der Waals surface area contributed by atoms with E-state index >= 15 is 0 Å². The molecule has 1 aromatic rings. The molecule has 0 aliphatic heterocycles. The van der Waals surface area contributed by atoms with E-state index in [2.05, 4.69) is 0 Å². The average molecular weight is 309 g/mol. The summed E-state index contributed by atoms with van der Waals surface area (Å²) in [6, 6.07) is 6.93. The molecule has 122 valence electrons. The third-order valence-corrected chi connectivity index (χ3v) is 3.01. The average Bonchev–Trinajstić information content (AvgIpc) is 2.46. The molecule has 0 radical (unpaired) electrons. The molecule has 0 unspecified atom stereocenters. The van der Waals surface area contributed by atoms with Crippen molar-refractivity contribution in [3.8, 4) is 11.5 Å². The maximum Gasteiger partial charge on any atom is 0.305 e. The Kier molecular flexibility index (Phi) is 7.22. The van der Waals surface area contributed by atoms with Gasteiger partial charge in [0.05, 0.1) is 13.0 Å². The largest absolute Gasteiger partial charge is 0.494 e. The molecule has 1 rings (SSSR count). The van der Waals surface area contributed by atoms with Gasteiger partial charge in [0.15, 0.2) is 6.61 Å². The standard InChI is InChI=1S/C16H23NO5/c1-4-21-13-5-7-14(8-6-13)22-11-15(18)17(12(2)3)10-9-16(19)20/h5-8,12H,4,9-11H2,1-3H3,(H,19,20). The first-order valence-electron chi connectivity index (χ1n) is 7.31. The number of amides is 1. The Hall–Kier alpha value is -2.24. The molecule has 0 heterocycles. The summed E-state index contributed by atoms with van der Waals surface area (Å²) in [5, 5.41) is 8.72. The smallest absolute Gasteiger partial charge is 0.305 e. The number of benzene rings is 1. The number of rotatable bonds is 9. The Balaban J connectivity index is 2.53. The number of nitrogens with zero attached hydrogens (tertiary/aromatic N) is 1. The quantitative estimate of drug-likeness (QED) is 0.756. The SMILES string of the molecule is CCOc1ccc(OCC(=O)N(CCC(=O)O)C(C)C)cc1. The third kappa shape index (κ3) is 6.03. The van der Waals surface area contributed by atoms with Crippen molar-refractivity contribution >= 4 is 11.9 Å². The van der Waals surface area contributed by atoms with Crippen molar-refractivity contribution in [3.63, 3.8) is 0 Å². The molecule has 0 aliphatic carbocycles. The van der Waals surface area contributed by atoms with Crippen LogP contribution in [0.15, 0.2) is 24.3 Å². The fourth-order valence-electron chi connectivity index (χ4n) is 1.91. The number of ether oxygens (including phenoxy) is 2. The lowest BCUT2D eigenvalue weighted by Gasteiger charge is -2.26. The molecule has 1 aromatic carbocycles. The zero-order chi connectivity index (χ0) is 16.5. The molecule has 0 atom stereocenters. The van der Waals surface area contributed by atoms with E-state index in [9.17, 15) is 9.59 Å². The molecular formula is C16H23NO5. The molecule has 6 heteroatoms. The van der Waals surface area contributed by atoms with Crippen molar-refractivity contribution in [3.05, 3.63) is 24.3 Å². The van der Waals surface area contributed by atoms with Gasteiger partial charge < -0.3 is 19.5 Å². The van der Waals surface area contributed by atoms with E-state index in [1.54, 1.807) is 24.3 Å². The predicted octanol–water partition coefficient (Wildman–Crippen LogP) is 2.18. The van der Waals surface area contributed by atoms with Crippen LogP contribution in [0.25, 0.3) is 0 Å². The second-order valence-electron chi connectivity index (χ2n) is 5.02. The van der Waals surface area contributed by atoms with Gasteiger partial charge >= 0.3 is 5.97 Å². The lowest BCUT2D eigenvalue weighted by atomic mass is 10.2. The van der Waals surface area contributed by atoms with E-state index in [4.69, 9.17) is 14.6 Å². The van der Waals surface area contributed by atoms with Crippen LogP contribution in [0.3, 0.4) is 0 Å². The number of aliphatic carboxylic acids is 1. The molecule has 0 bridgehead atoms. The summed E-state index contributed by atoms with van der Waals surface area (Å²) in [7, 11) is 0. The molecule has 0 aromatic heterocycles. The Morgan fingerprint density at radius 1 is 1.14 bits per heavy atom. The summed E-state index contributed by atoms with van der Waals surface area (Å²) in [5.41, 5.74) is 0. The second kappa shape index (κ2) is 8.92. The maximum atomic E-state index is 12.1. The van der Waals surface area contributed by atoms with Crippen LogP contribution in [0, 0.1) is 0 Å². The zero-order valence-electron chi connectivity index (χ0n) is 13.2. The van der Waals surface area contributed by atoms with Crippen molar-refractivity contribution in [2.45, 2.75) is 33.2 Å². The van der Waals surface area contributed by atoms with Crippen LogP contribution in [-0.2, 0) is 9.59 Å². The zero-order valence-corrected chi connectivity index (χ0v) is 13.2. The van der Waals surface area contributed by atoms with Gasteiger partial charge in [-0.05, 0) is 45.0 Å². The van der Waals surface area contributed by atoms with Gasteiger partial charge in [0, 0.05) is 12.6 Å². The fraction of sp³-hybridized carbons (Fsp3) is 0.500. The van der Waals surface area contributed by atoms with E-state index in [1.807, 2.05) is 20.8 Å². The monoisotopic (exact) mass is 309 g/mol. The first-order chi connectivity index (χ1) is 10.4. The lowest BCUT2D eigenvalue weighted by molar-refractivity contribution is -0.139. The number of carboxylic acids is 1. The normalized spacial score (nSPS) is 10.4. The molecule has 0 spiro atoms. The summed E-state index contributed by atoms with van der Waals surface area (Å²) in [6.45, 7) is 6.24. The Bertz CT molecular complexity index is 484. The van der Waals surface area contributed by atoms with Gasteiger partial charge in [-0.2, -0.15) is 0 Å². The van der Waals surface area contributed by atoms with Gasteiger partial charge in [0.2, 0.25) is 0 Å². The van der Waals surface area contributed by atoms with Gasteiger partial charge in [0.1, 0.15) is 11.5 Å². The van der Waals surface area contributed by atoms with Crippen LogP contribution in [0.5, 0.6) is 11.5 Å². The Morgan fingerprint density at radius 3 is 2.14 bits per heavy atom. The predicted molar refractivity (Wildman–Crippen MR) is 82.2 cm³/mol. The minimum absolute atomic E-state index is 0.0734. The highest BCUT2D eigenvalue weighted by Crippen LogP contribution is 2.17. The topological polar surface area (TPSA) is 76.1 Å². The summed E-state index contributed by atoms with van der Waals surface area (Å²) in [6.07, 6.45) is -0.0764. The van der Waals surface area contributed by atoms with Gasteiger partial charge in [-0.25, -0.2) is 0 Å². The number of carbonyl (C=O) groups excluding carboxylic acids is 1. The molecule has 0 aliphatic rings. The van der Waals surface area contributed by atoms with Crippen molar-refractivity contribution in [2.24, 2.45) is 0 Å². The lowest BCUT2D eigenvalue weighted by Crippen LogP contribution is -2.41. The van der Waals surface area contributed by atoms with E-state index < -0.39 is 5.97 Å². The van der Waals surface area contributed by atoms with Crippen molar-refractivity contribution in [1.82, 2.24) is 4.90 Å². The summed E-state index contributed by atoms with van der Waals surface area (Å²) >= 11 is 0. The maximum absolute atomic E-state index is 12.1. The van der Waals surface area contributed by atoms with Gasteiger partial charge in [-0.3, -0.25) is 9.59 Å². The third-order valence-electron chi connectivity index (χ3n) is 3.01. The van der Waals surface area contributed by atoms with Crippen molar-refractivity contribution < 1.29 is 24.2 Å². The number of carboxylic acid groups (broad SMARTS) is 1. The first-order valence-corrected chi connectivity index (χ1v) is 7.31. The van der Waals surface area contributed by atoms with E-state index in [1.165, 1.54) is 4.90 Å². The minimum atomic E-state index is -0.925.